The molecule has 0 bridgehead atoms. The van der Waals surface area contributed by atoms with Crippen molar-refractivity contribution in [3.05, 3.63) is 41.7 Å². The predicted molar refractivity (Wildman–Crippen MR) is 102 cm³/mol. The summed E-state index contributed by atoms with van der Waals surface area (Å²) in [4.78, 5) is 22.9. The Morgan fingerprint density at radius 2 is 2.07 bits per heavy atom. The van der Waals surface area contributed by atoms with Crippen LogP contribution in [0.1, 0.15) is 43.8 Å². The van der Waals surface area contributed by atoms with Crippen LogP contribution in [-0.2, 0) is 14.6 Å². The third-order valence-electron chi connectivity index (χ3n) is 4.99. The zero-order chi connectivity index (χ0) is 19.6. The smallest absolute Gasteiger partial charge is 0.224 e. The van der Waals surface area contributed by atoms with Crippen LogP contribution in [0.5, 0.6) is 0 Å². The maximum atomic E-state index is 12.6. The first kappa shape index (κ1) is 19.8. The van der Waals surface area contributed by atoms with Crippen LogP contribution in [0.3, 0.4) is 0 Å². The fourth-order valence-corrected chi connectivity index (χ4v) is 4.62. The van der Waals surface area contributed by atoms with Crippen molar-refractivity contribution in [2.45, 2.75) is 43.0 Å². The Hall–Kier alpha value is -1.93. The van der Waals surface area contributed by atoms with Crippen molar-refractivity contribution in [2.24, 2.45) is 0 Å². The molecule has 1 aliphatic rings. The lowest BCUT2D eigenvalue weighted by atomic mass is 9.92. The van der Waals surface area contributed by atoms with E-state index in [2.05, 4.69) is 9.97 Å². The highest BCUT2D eigenvalue weighted by atomic mass is 35.5. The second-order valence-corrected chi connectivity index (χ2v) is 9.45. The molecule has 0 spiro atoms. The molecule has 1 aliphatic heterocycles. The molecule has 2 aromatic heterocycles. The van der Waals surface area contributed by atoms with E-state index in [1.54, 1.807) is 12.5 Å². The summed E-state index contributed by atoms with van der Waals surface area (Å²) in [7, 11) is -3.41. The average Bonchev–Trinajstić information content (AvgIpc) is 3.16. The number of likely N-dealkylation sites (tertiary alicyclic amines) is 1. The molecule has 0 N–H and O–H groups in total. The summed E-state index contributed by atoms with van der Waals surface area (Å²) >= 11 is 5.93. The van der Waals surface area contributed by atoms with Gasteiger partial charge in [0.15, 0.2) is 9.84 Å². The van der Waals surface area contributed by atoms with E-state index in [9.17, 15) is 13.2 Å². The lowest BCUT2D eigenvalue weighted by Crippen LogP contribution is -2.39. The Balaban J connectivity index is 1.65. The maximum absolute atomic E-state index is 12.6. The molecular weight excluding hydrogens is 388 g/mol. The van der Waals surface area contributed by atoms with Crippen LogP contribution < -0.4 is 0 Å². The van der Waals surface area contributed by atoms with E-state index in [-0.39, 0.29) is 22.8 Å². The molecule has 1 saturated heterocycles. The number of halogens is 1. The second-order valence-electron chi connectivity index (χ2n) is 7.03. The molecule has 1 atom stereocenters. The summed E-state index contributed by atoms with van der Waals surface area (Å²) in [5.41, 5.74) is 0.556. The van der Waals surface area contributed by atoms with E-state index >= 15 is 0 Å². The third kappa shape index (κ3) is 4.68. The molecule has 1 unspecified atom stereocenters. The highest BCUT2D eigenvalue weighted by Gasteiger charge is 2.29. The molecule has 3 rings (SSSR count). The van der Waals surface area contributed by atoms with Crippen molar-refractivity contribution in [1.29, 1.82) is 0 Å². The van der Waals surface area contributed by atoms with Gasteiger partial charge in [0, 0.05) is 56.3 Å². The van der Waals surface area contributed by atoms with Crippen molar-refractivity contribution in [3.63, 3.8) is 0 Å². The molecule has 1 fully saturated rings. The number of sulfone groups is 1. The molecule has 0 radical (unpaired) electrons. The van der Waals surface area contributed by atoms with E-state index in [1.165, 1.54) is 18.5 Å². The van der Waals surface area contributed by atoms with Crippen LogP contribution in [0.25, 0.3) is 0 Å². The Morgan fingerprint density at radius 3 is 2.67 bits per heavy atom. The zero-order valence-electron chi connectivity index (χ0n) is 15.4. The van der Waals surface area contributed by atoms with E-state index < -0.39 is 9.84 Å². The quantitative estimate of drug-likeness (QED) is 0.756. The summed E-state index contributed by atoms with van der Waals surface area (Å²) in [6.45, 7) is 3.17. The van der Waals surface area contributed by atoms with Crippen molar-refractivity contribution < 1.29 is 13.2 Å². The van der Waals surface area contributed by atoms with Crippen LogP contribution in [-0.4, -0.2) is 53.1 Å². The summed E-state index contributed by atoms with van der Waals surface area (Å²) in [6, 6.07) is 1.51. The minimum Gasteiger partial charge on any atom is -0.343 e. The molecule has 1 amide bonds. The largest absolute Gasteiger partial charge is 0.343 e. The summed E-state index contributed by atoms with van der Waals surface area (Å²) in [5.74, 6) is 0.101. The number of aromatic nitrogens is 3. The van der Waals surface area contributed by atoms with E-state index in [4.69, 9.17) is 11.6 Å². The standard InChI is InChI=1S/C18H23ClN4O3S/c1-13(23-8-5-20-12-23)9-17(24)22-6-3-14(4-7-22)18-16(27(2,25)26)10-15(19)11-21-18/h5,8,10-14H,3-4,6-7,9H2,1-2H3. The topological polar surface area (TPSA) is 85.2 Å². The Bertz CT molecular complexity index is 907. The summed E-state index contributed by atoms with van der Waals surface area (Å²) < 4.78 is 26.1. The highest BCUT2D eigenvalue weighted by Crippen LogP contribution is 2.32. The lowest BCUT2D eigenvalue weighted by Gasteiger charge is -2.33. The van der Waals surface area contributed by atoms with Crippen LogP contribution in [0.4, 0.5) is 0 Å². The van der Waals surface area contributed by atoms with Gasteiger partial charge in [0.1, 0.15) is 0 Å². The number of nitrogens with zero attached hydrogens (tertiary/aromatic N) is 4. The van der Waals surface area contributed by atoms with Gasteiger partial charge in [-0.15, -0.1) is 0 Å². The van der Waals surface area contributed by atoms with Gasteiger partial charge in [0.05, 0.1) is 21.9 Å². The number of carbonyl (C=O) groups excluding carboxylic acids is 1. The van der Waals surface area contributed by atoms with Gasteiger partial charge in [-0.2, -0.15) is 0 Å². The Morgan fingerprint density at radius 1 is 1.37 bits per heavy atom. The van der Waals surface area contributed by atoms with Gasteiger partial charge in [0.25, 0.3) is 0 Å². The monoisotopic (exact) mass is 410 g/mol. The van der Waals surface area contributed by atoms with Gasteiger partial charge >= 0.3 is 0 Å². The number of amides is 1. The Kier molecular flexibility index (Phi) is 5.86. The SMILES string of the molecule is CC(CC(=O)N1CCC(c2ncc(Cl)cc2S(C)(=O)=O)CC1)n1ccnc1. The van der Waals surface area contributed by atoms with E-state index in [1.807, 2.05) is 22.6 Å². The molecule has 0 aliphatic carbocycles. The number of hydrogen-bond donors (Lipinski definition) is 0. The fourth-order valence-electron chi connectivity index (χ4n) is 3.45. The first-order chi connectivity index (χ1) is 12.8. The first-order valence-electron chi connectivity index (χ1n) is 8.86. The van der Waals surface area contributed by atoms with E-state index in [0.29, 0.717) is 43.1 Å². The van der Waals surface area contributed by atoms with Gasteiger partial charge in [-0.3, -0.25) is 9.78 Å². The second kappa shape index (κ2) is 7.98. The van der Waals surface area contributed by atoms with Crippen LogP contribution in [0.2, 0.25) is 5.02 Å². The van der Waals surface area contributed by atoms with Gasteiger partial charge in [-0.05, 0) is 25.8 Å². The molecule has 146 valence electrons. The van der Waals surface area contributed by atoms with Crippen molar-refractivity contribution >= 4 is 27.3 Å². The first-order valence-corrected chi connectivity index (χ1v) is 11.1. The van der Waals surface area contributed by atoms with Gasteiger partial charge in [0.2, 0.25) is 5.91 Å². The Labute approximate surface area is 164 Å². The van der Waals surface area contributed by atoms with Gasteiger partial charge in [-0.25, -0.2) is 13.4 Å². The molecule has 7 nitrogen and oxygen atoms in total. The van der Waals surface area contributed by atoms with Gasteiger partial charge in [-0.1, -0.05) is 11.6 Å². The third-order valence-corrected chi connectivity index (χ3v) is 6.32. The number of carbonyl (C=O) groups is 1. The molecule has 27 heavy (non-hydrogen) atoms. The number of pyridine rings is 1. The molecule has 2 aromatic rings. The number of imidazole rings is 1. The van der Waals surface area contributed by atoms with Gasteiger partial charge < -0.3 is 9.47 Å². The number of piperidine rings is 1. The normalized spacial score (nSPS) is 17.1. The number of rotatable bonds is 5. The lowest BCUT2D eigenvalue weighted by molar-refractivity contribution is -0.133. The highest BCUT2D eigenvalue weighted by molar-refractivity contribution is 7.90. The molecule has 3 heterocycles. The van der Waals surface area contributed by atoms with Crippen molar-refractivity contribution in [2.75, 3.05) is 19.3 Å². The average molecular weight is 411 g/mol. The molecule has 0 saturated carbocycles. The zero-order valence-corrected chi connectivity index (χ0v) is 16.9. The van der Waals surface area contributed by atoms with Crippen molar-refractivity contribution in [1.82, 2.24) is 19.4 Å². The van der Waals surface area contributed by atoms with Crippen molar-refractivity contribution in [3.8, 4) is 0 Å². The number of hydrogen-bond acceptors (Lipinski definition) is 5. The minimum atomic E-state index is -3.41. The molecular formula is C18H23ClN4O3S. The van der Waals surface area contributed by atoms with Crippen LogP contribution >= 0.6 is 11.6 Å². The minimum absolute atomic E-state index is 0.00196. The molecule has 0 aromatic carbocycles. The maximum Gasteiger partial charge on any atom is 0.224 e. The fraction of sp³-hybridized carbons (Fsp3) is 0.500. The van der Waals surface area contributed by atoms with Crippen LogP contribution in [0.15, 0.2) is 35.9 Å². The van der Waals surface area contributed by atoms with Crippen LogP contribution in [0, 0.1) is 0 Å². The summed E-state index contributed by atoms with van der Waals surface area (Å²) in [5, 5.41) is 0.306. The van der Waals surface area contributed by atoms with E-state index in [0.717, 1.165) is 0 Å². The summed E-state index contributed by atoms with van der Waals surface area (Å²) in [6.07, 6.45) is 9.69. The predicted octanol–water partition coefficient (Wildman–Crippen LogP) is 2.69. The molecule has 9 heteroatoms.